The van der Waals surface area contributed by atoms with Crippen molar-refractivity contribution in [3.63, 3.8) is 0 Å². The van der Waals surface area contributed by atoms with Gasteiger partial charge in [-0.1, -0.05) is 28.1 Å². The Morgan fingerprint density at radius 1 is 1.29 bits per heavy atom. The maximum Gasteiger partial charge on any atom is 0.179 e. The second-order valence-electron chi connectivity index (χ2n) is 2.83. The lowest BCUT2D eigenvalue weighted by Crippen LogP contribution is -1.82. The largest absolute Gasteiger partial charge is 0.208 e. The number of hydrogen-bond acceptors (Lipinski definition) is 3. The van der Waals surface area contributed by atoms with E-state index in [1.807, 2.05) is 18.2 Å². The highest BCUT2D eigenvalue weighted by Crippen LogP contribution is 2.25. The summed E-state index contributed by atoms with van der Waals surface area (Å²) in [6.45, 7) is 2.05. The van der Waals surface area contributed by atoms with Crippen molar-refractivity contribution in [2.24, 2.45) is 0 Å². The molecule has 2 nitrogen and oxygen atoms in total. The molecule has 1 heterocycles. The Morgan fingerprint density at radius 2 is 2.07 bits per heavy atom. The molecule has 0 N–H and O–H groups in total. The molecule has 2 aromatic rings. The van der Waals surface area contributed by atoms with Crippen LogP contribution in [0.5, 0.6) is 0 Å². The van der Waals surface area contributed by atoms with Crippen LogP contribution in [-0.4, -0.2) is 9.36 Å². The van der Waals surface area contributed by atoms with Gasteiger partial charge in [-0.3, -0.25) is 0 Å². The van der Waals surface area contributed by atoms with E-state index in [0.29, 0.717) is 0 Å². The van der Waals surface area contributed by atoms with E-state index in [1.165, 1.54) is 17.1 Å². The first-order valence-electron chi connectivity index (χ1n) is 3.92. The molecule has 5 heteroatoms. The van der Waals surface area contributed by atoms with Gasteiger partial charge >= 0.3 is 0 Å². The zero-order valence-electron chi connectivity index (χ0n) is 7.29. The third-order valence-corrected chi connectivity index (χ3v) is 3.80. The fraction of sp³-hybridized carbons (Fsp3) is 0.111. The summed E-state index contributed by atoms with van der Waals surface area (Å²) in [5, 5.41) is 0. The van der Waals surface area contributed by atoms with Crippen LogP contribution in [0.4, 0.5) is 0 Å². The van der Waals surface area contributed by atoms with Crippen LogP contribution in [0.3, 0.4) is 0 Å². The molecule has 0 atom stereocenters. The van der Waals surface area contributed by atoms with Crippen molar-refractivity contribution in [1.82, 2.24) is 9.36 Å². The number of aryl methyl sites for hydroxylation is 1. The Hall–Kier alpha value is -0.260. The molecule has 0 aliphatic rings. The standard InChI is InChI=1S/C9H6Br2N2S/c1-5-2-3-6(4-7(5)10)8-12-9(11)14-13-8/h2-4H,1H3. The van der Waals surface area contributed by atoms with Crippen LogP contribution in [-0.2, 0) is 0 Å². The number of rotatable bonds is 1. The molecule has 0 radical (unpaired) electrons. The number of benzene rings is 1. The van der Waals surface area contributed by atoms with Crippen molar-refractivity contribution >= 4 is 43.4 Å². The summed E-state index contributed by atoms with van der Waals surface area (Å²) in [6, 6.07) is 6.10. The number of aromatic nitrogens is 2. The van der Waals surface area contributed by atoms with Crippen LogP contribution in [0, 0.1) is 6.92 Å². The molecule has 2 rings (SSSR count). The van der Waals surface area contributed by atoms with E-state index in [-0.39, 0.29) is 0 Å². The van der Waals surface area contributed by atoms with Crippen LogP contribution < -0.4 is 0 Å². The minimum Gasteiger partial charge on any atom is -0.208 e. The van der Waals surface area contributed by atoms with Gasteiger partial charge in [0.05, 0.1) is 0 Å². The molecule has 0 saturated heterocycles. The minimum atomic E-state index is 0.766. The molecule has 1 aromatic carbocycles. The molecule has 0 aliphatic carbocycles. The third kappa shape index (κ3) is 2.04. The zero-order chi connectivity index (χ0) is 10.1. The van der Waals surface area contributed by atoms with Crippen LogP contribution >= 0.6 is 43.4 Å². The lowest BCUT2D eigenvalue weighted by Gasteiger charge is -1.99. The SMILES string of the molecule is Cc1ccc(-c2nsc(Br)n2)cc1Br. The lowest BCUT2D eigenvalue weighted by molar-refractivity contribution is 1.29. The zero-order valence-corrected chi connectivity index (χ0v) is 11.3. The molecule has 0 amide bonds. The van der Waals surface area contributed by atoms with Gasteiger partial charge in [0.1, 0.15) is 0 Å². The molecule has 14 heavy (non-hydrogen) atoms. The summed E-state index contributed by atoms with van der Waals surface area (Å²) in [6.07, 6.45) is 0. The molecule has 0 aliphatic heterocycles. The van der Waals surface area contributed by atoms with Gasteiger partial charge in [0, 0.05) is 10.0 Å². The van der Waals surface area contributed by atoms with Crippen molar-refractivity contribution in [1.29, 1.82) is 0 Å². The maximum absolute atomic E-state index is 4.25. The molecule has 0 saturated carbocycles. The summed E-state index contributed by atoms with van der Waals surface area (Å²) >= 11 is 8.13. The first-order valence-corrected chi connectivity index (χ1v) is 6.28. The molecule has 1 aromatic heterocycles. The summed E-state index contributed by atoms with van der Waals surface area (Å²) in [5.41, 5.74) is 2.24. The second-order valence-corrected chi connectivity index (χ2v) is 5.72. The smallest absolute Gasteiger partial charge is 0.179 e. The van der Waals surface area contributed by atoms with Crippen LogP contribution in [0.15, 0.2) is 26.6 Å². The monoisotopic (exact) mass is 332 g/mol. The van der Waals surface area contributed by atoms with Gasteiger partial charge in [-0.25, -0.2) is 4.98 Å². The first-order chi connectivity index (χ1) is 6.66. The van der Waals surface area contributed by atoms with Gasteiger partial charge in [0.25, 0.3) is 0 Å². The number of nitrogens with zero attached hydrogens (tertiary/aromatic N) is 2. The van der Waals surface area contributed by atoms with Crippen LogP contribution in [0.2, 0.25) is 0 Å². The predicted molar refractivity (Wildman–Crippen MR) is 65.5 cm³/mol. The Bertz CT molecular complexity index is 468. The summed E-state index contributed by atoms with van der Waals surface area (Å²) in [7, 11) is 0. The molecule has 0 bridgehead atoms. The maximum atomic E-state index is 4.25. The molecular formula is C9H6Br2N2S. The fourth-order valence-corrected chi connectivity index (χ4v) is 2.25. The van der Waals surface area contributed by atoms with Crippen molar-refractivity contribution in [3.8, 4) is 11.4 Å². The van der Waals surface area contributed by atoms with Gasteiger partial charge in [0.2, 0.25) is 0 Å². The van der Waals surface area contributed by atoms with Crippen LogP contribution in [0.1, 0.15) is 5.56 Å². The average molecular weight is 334 g/mol. The van der Waals surface area contributed by atoms with E-state index >= 15 is 0 Å². The molecule has 0 fully saturated rings. The van der Waals surface area contributed by atoms with E-state index in [2.05, 4.69) is 48.1 Å². The Kier molecular flexibility index (Phi) is 2.99. The highest BCUT2D eigenvalue weighted by Gasteiger charge is 2.05. The lowest BCUT2D eigenvalue weighted by atomic mass is 10.1. The Labute approximate surface area is 103 Å². The molecule has 0 spiro atoms. The van der Waals surface area contributed by atoms with Gasteiger partial charge in [-0.15, -0.1) is 0 Å². The molecular weight excluding hydrogens is 328 g/mol. The van der Waals surface area contributed by atoms with Crippen molar-refractivity contribution < 1.29 is 0 Å². The second kappa shape index (κ2) is 4.08. The van der Waals surface area contributed by atoms with E-state index in [0.717, 1.165) is 19.8 Å². The third-order valence-electron chi connectivity index (χ3n) is 1.83. The van der Waals surface area contributed by atoms with E-state index < -0.39 is 0 Å². The van der Waals surface area contributed by atoms with Crippen molar-refractivity contribution in [2.75, 3.05) is 0 Å². The average Bonchev–Trinajstić information content (AvgIpc) is 2.57. The van der Waals surface area contributed by atoms with E-state index in [1.54, 1.807) is 0 Å². The number of halogens is 2. The van der Waals surface area contributed by atoms with Gasteiger partial charge < -0.3 is 0 Å². The summed E-state index contributed by atoms with van der Waals surface area (Å²) in [4.78, 5) is 4.25. The van der Waals surface area contributed by atoms with Crippen LogP contribution in [0.25, 0.3) is 11.4 Å². The highest BCUT2D eigenvalue weighted by molar-refractivity contribution is 9.11. The van der Waals surface area contributed by atoms with Crippen molar-refractivity contribution in [3.05, 3.63) is 32.2 Å². The molecule has 0 unspecified atom stereocenters. The predicted octanol–water partition coefficient (Wildman–Crippen LogP) is 4.04. The Morgan fingerprint density at radius 3 is 2.64 bits per heavy atom. The fourth-order valence-electron chi connectivity index (χ4n) is 1.05. The van der Waals surface area contributed by atoms with E-state index in [9.17, 15) is 0 Å². The van der Waals surface area contributed by atoms with Gasteiger partial charge in [-0.05, 0) is 46.0 Å². The van der Waals surface area contributed by atoms with E-state index in [4.69, 9.17) is 0 Å². The quantitative estimate of drug-likeness (QED) is 0.787. The normalized spacial score (nSPS) is 10.5. The topological polar surface area (TPSA) is 25.8 Å². The summed E-state index contributed by atoms with van der Waals surface area (Å²) < 4.78 is 6.11. The number of hydrogen-bond donors (Lipinski definition) is 0. The minimum absolute atomic E-state index is 0.766. The molecule has 72 valence electrons. The Balaban J connectivity index is 2.47. The summed E-state index contributed by atoms with van der Waals surface area (Å²) in [5.74, 6) is 0.766. The van der Waals surface area contributed by atoms with Gasteiger partial charge in [0.15, 0.2) is 9.74 Å². The van der Waals surface area contributed by atoms with Crippen molar-refractivity contribution in [2.45, 2.75) is 6.92 Å². The highest BCUT2D eigenvalue weighted by atomic mass is 79.9. The first kappa shape index (κ1) is 10.3. The van der Waals surface area contributed by atoms with Gasteiger partial charge in [-0.2, -0.15) is 4.37 Å².